The maximum absolute atomic E-state index is 11.1. The van der Waals surface area contributed by atoms with Crippen LogP contribution in [-0.4, -0.2) is 51.0 Å². The van der Waals surface area contributed by atoms with Crippen LogP contribution >= 0.6 is 11.8 Å². The highest BCUT2D eigenvalue weighted by Crippen LogP contribution is 2.26. The molecule has 0 bridgehead atoms. The van der Waals surface area contributed by atoms with E-state index >= 15 is 0 Å². The Bertz CT molecular complexity index is 455. The van der Waals surface area contributed by atoms with E-state index in [1.54, 1.807) is 13.8 Å². The van der Waals surface area contributed by atoms with Crippen molar-refractivity contribution in [3.63, 3.8) is 0 Å². The van der Waals surface area contributed by atoms with Gasteiger partial charge in [0.2, 0.25) is 0 Å². The van der Waals surface area contributed by atoms with E-state index in [4.69, 9.17) is 5.11 Å². The predicted octanol–water partition coefficient (Wildman–Crippen LogP) is 1.51. The quantitative estimate of drug-likeness (QED) is 0.876. The van der Waals surface area contributed by atoms with Gasteiger partial charge in [0.05, 0.1) is 17.4 Å². The Kier molecular flexibility index (Phi) is 3.87. The van der Waals surface area contributed by atoms with E-state index in [0.29, 0.717) is 11.4 Å². The van der Waals surface area contributed by atoms with Gasteiger partial charge in [0, 0.05) is 18.1 Å². The van der Waals surface area contributed by atoms with Crippen molar-refractivity contribution in [1.82, 2.24) is 14.9 Å². The summed E-state index contributed by atoms with van der Waals surface area (Å²) < 4.78 is 0. The molecule has 0 aromatic carbocycles. The van der Waals surface area contributed by atoms with Crippen molar-refractivity contribution < 1.29 is 9.90 Å². The van der Waals surface area contributed by atoms with Gasteiger partial charge >= 0.3 is 5.97 Å². The molecule has 1 aromatic rings. The summed E-state index contributed by atoms with van der Waals surface area (Å²) in [5.74, 6) is 1.87. The number of carboxylic acid groups (broad SMARTS) is 1. The summed E-state index contributed by atoms with van der Waals surface area (Å²) in [5, 5.41) is 9.11. The molecule has 1 unspecified atom stereocenters. The summed E-state index contributed by atoms with van der Waals surface area (Å²) in [6, 6.07) is 0.184. The Hall–Kier alpha value is -1.14. The summed E-state index contributed by atoms with van der Waals surface area (Å²) in [7, 11) is 2.06. The van der Waals surface area contributed by atoms with Crippen LogP contribution in [0.25, 0.3) is 0 Å². The average Bonchev–Trinajstić information content (AvgIpc) is 2.27. The second kappa shape index (κ2) is 5.24. The van der Waals surface area contributed by atoms with Gasteiger partial charge in [-0.2, -0.15) is 11.8 Å². The van der Waals surface area contributed by atoms with Crippen LogP contribution in [0.2, 0.25) is 0 Å². The topological polar surface area (TPSA) is 66.3 Å². The Morgan fingerprint density at radius 1 is 1.39 bits per heavy atom. The number of aryl methyl sites for hydroxylation is 2. The van der Waals surface area contributed by atoms with Crippen LogP contribution in [0.3, 0.4) is 0 Å². The fraction of sp³-hybridized carbons (Fsp3) is 0.583. The molecule has 1 aliphatic heterocycles. The zero-order chi connectivity index (χ0) is 13.3. The maximum Gasteiger partial charge on any atom is 0.339 e. The summed E-state index contributed by atoms with van der Waals surface area (Å²) in [4.78, 5) is 22.1. The third-order valence-corrected chi connectivity index (χ3v) is 4.22. The lowest BCUT2D eigenvalue weighted by atomic mass is 10.1. The molecule has 2 heterocycles. The number of rotatable bonds is 2. The number of hydrogen-bond acceptors (Lipinski definition) is 5. The molecule has 1 atom stereocenters. The standard InChI is InChI=1S/C12H17N3O2S/c1-7-10(12(16)17)8(2)14-11(13-7)9-6-18-5-4-15(9)3/h9H,4-6H2,1-3H3,(H,16,17). The van der Waals surface area contributed by atoms with Crippen molar-refractivity contribution >= 4 is 17.7 Å². The largest absolute Gasteiger partial charge is 0.478 e. The third kappa shape index (κ3) is 2.49. The highest BCUT2D eigenvalue weighted by atomic mass is 32.2. The number of hydrogen-bond donors (Lipinski definition) is 1. The molecule has 1 aromatic heterocycles. The number of thioether (sulfide) groups is 1. The van der Waals surface area contributed by atoms with E-state index in [1.807, 2.05) is 11.8 Å². The van der Waals surface area contributed by atoms with Crippen molar-refractivity contribution in [3.8, 4) is 0 Å². The Morgan fingerprint density at radius 3 is 2.50 bits per heavy atom. The second-order valence-corrected chi connectivity index (χ2v) is 5.65. The van der Waals surface area contributed by atoms with Gasteiger partial charge in [-0.1, -0.05) is 0 Å². The summed E-state index contributed by atoms with van der Waals surface area (Å²) in [6.07, 6.45) is 0. The first-order valence-electron chi connectivity index (χ1n) is 5.87. The molecule has 98 valence electrons. The van der Waals surface area contributed by atoms with E-state index in [9.17, 15) is 4.79 Å². The Morgan fingerprint density at radius 2 is 2.00 bits per heavy atom. The van der Waals surface area contributed by atoms with E-state index in [-0.39, 0.29) is 11.6 Å². The van der Waals surface area contributed by atoms with E-state index in [2.05, 4.69) is 21.9 Å². The number of nitrogens with zero attached hydrogens (tertiary/aromatic N) is 3. The van der Waals surface area contributed by atoms with Crippen molar-refractivity contribution in [1.29, 1.82) is 0 Å². The van der Waals surface area contributed by atoms with Gasteiger partial charge in [-0.15, -0.1) is 0 Å². The van der Waals surface area contributed by atoms with Gasteiger partial charge in [-0.3, -0.25) is 4.90 Å². The molecule has 1 fully saturated rings. The molecule has 1 aliphatic rings. The van der Waals surface area contributed by atoms with E-state index in [0.717, 1.165) is 23.9 Å². The van der Waals surface area contributed by atoms with Gasteiger partial charge < -0.3 is 5.11 Å². The highest BCUT2D eigenvalue weighted by molar-refractivity contribution is 7.99. The average molecular weight is 267 g/mol. The monoisotopic (exact) mass is 267 g/mol. The summed E-state index contributed by atoms with van der Waals surface area (Å²) in [6.45, 7) is 4.48. The minimum Gasteiger partial charge on any atom is -0.478 e. The van der Waals surface area contributed by atoms with Gasteiger partial charge in [-0.05, 0) is 20.9 Å². The fourth-order valence-corrected chi connectivity index (χ4v) is 3.37. The molecule has 1 N–H and O–H groups in total. The molecule has 1 saturated heterocycles. The SMILES string of the molecule is Cc1nc(C2CSCCN2C)nc(C)c1C(=O)O. The molecule has 18 heavy (non-hydrogen) atoms. The number of carbonyl (C=O) groups is 1. The predicted molar refractivity (Wildman–Crippen MR) is 71.2 cm³/mol. The van der Waals surface area contributed by atoms with Gasteiger partial charge in [0.1, 0.15) is 11.4 Å². The molecule has 0 radical (unpaired) electrons. The summed E-state index contributed by atoms with van der Waals surface area (Å²) in [5.41, 5.74) is 1.33. The van der Waals surface area contributed by atoms with Crippen LogP contribution in [0, 0.1) is 13.8 Å². The molecule has 5 nitrogen and oxygen atoms in total. The van der Waals surface area contributed by atoms with Crippen molar-refractivity contribution in [2.75, 3.05) is 25.1 Å². The van der Waals surface area contributed by atoms with Crippen molar-refractivity contribution in [2.24, 2.45) is 0 Å². The Labute approximate surface area is 111 Å². The normalized spacial score (nSPS) is 20.9. The van der Waals surface area contributed by atoms with E-state index in [1.165, 1.54) is 0 Å². The lowest BCUT2D eigenvalue weighted by Gasteiger charge is -2.31. The molecule has 6 heteroatoms. The molecular formula is C12H17N3O2S. The zero-order valence-electron chi connectivity index (χ0n) is 10.8. The minimum absolute atomic E-state index is 0.184. The first-order valence-corrected chi connectivity index (χ1v) is 7.02. The van der Waals surface area contributed by atoms with Crippen LogP contribution < -0.4 is 0 Å². The van der Waals surface area contributed by atoms with Crippen LogP contribution in [0.1, 0.15) is 33.6 Å². The lowest BCUT2D eigenvalue weighted by Crippen LogP contribution is -2.34. The molecule has 0 aliphatic carbocycles. The second-order valence-electron chi connectivity index (χ2n) is 4.50. The van der Waals surface area contributed by atoms with Crippen LogP contribution in [0.5, 0.6) is 0 Å². The fourth-order valence-electron chi connectivity index (χ4n) is 2.16. The molecular weight excluding hydrogens is 250 g/mol. The molecule has 0 saturated carbocycles. The van der Waals surface area contributed by atoms with E-state index < -0.39 is 5.97 Å². The number of aromatic nitrogens is 2. The van der Waals surface area contributed by atoms with Gasteiger partial charge in [0.15, 0.2) is 0 Å². The molecule has 2 rings (SSSR count). The molecule has 0 amide bonds. The first-order chi connectivity index (χ1) is 8.50. The van der Waals surface area contributed by atoms with Crippen LogP contribution in [0.15, 0.2) is 0 Å². The van der Waals surface area contributed by atoms with Gasteiger partial charge in [-0.25, -0.2) is 14.8 Å². The Balaban J connectivity index is 2.38. The minimum atomic E-state index is -0.956. The lowest BCUT2D eigenvalue weighted by molar-refractivity contribution is 0.0694. The molecule has 0 spiro atoms. The van der Waals surface area contributed by atoms with Crippen LogP contribution in [0.4, 0.5) is 0 Å². The number of aromatic carboxylic acids is 1. The van der Waals surface area contributed by atoms with Gasteiger partial charge in [0.25, 0.3) is 0 Å². The maximum atomic E-state index is 11.1. The third-order valence-electron chi connectivity index (χ3n) is 3.20. The van der Waals surface area contributed by atoms with Crippen LogP contribution in [-0.2, 0) is 0 Å². The smallest absolute Gasteiger partial charge is 0.339 e. The van der Waals surface area contributed by atoms with Crippen molar-refractivity contribution in [2.45, 2.75) is 19.9 Å². The zero-order valence-corrected chi connectivity index (χ0v) is 11.6. The highest BCUT2D eigenvalue weighted by Gasteiger charge is 2.25. The summed E-state index contributed by atoms with van der Waals surface area (Å²) >= 11 is 1.89. The number of carboxylic acids is 1. The van der Waals surface area contributed by atoms with Crippen molar-refractivity contribution in [3.05, 3.63) is 22.8 Å². The first kappa shape index (κ1) is 13.3.